The molecule has 2 aromatic heterocycles. The van der Waals surface area contributed by atoms with Crippen molar-refractivity contribution in [3.8, 4) is 0 Å². The lowest BCUT2D eigenvalue weighted by molar-refractivity contribution is 0.420. The first-order chi connectivity index (χ1) is 9.04. The van der Waals surface area contributed by atoms with Gasteiger partial charge in [0, 0.05) is 23.8 Å². The molecule has 2 heterocycles. The predicted octanol–water partition coefficient (Wildman–Crippen LogP) is 1.94. The Morgan fingerprint density at radius 1 is 1.42 bits per heavy atom. The van der Waals surface area contributed by atoms with Gasteiger partial charge in [-0.05, 0) is 18.2 Å². The predicted molar refractivity (Wildman–Crippen MR) is 76.2 cm³/mol. The van der Waals surface area contributed by atoms with Gasteiger partial charge >= 0.3 is 0 Å². The molecule has 7 heteroatoms. The number of nitrogens with two attached hydrogens (primary N) is 1. The van der Waals surface area contributed by atoms with E-state index < -0.39 is 10.0 Å². The Morgan fingerprint density at radius 3 is 2.74 bits per heavy atom. The molecule has 19 heavy (non-hydrogen) atoms. The van der Waals surface area contributed by atoms with E-state index in [0.29, 0.717) is 12.2 Å². The summed E-state index contributed by atoms with van der Waals surface area (Å²) in [5.74, 6) is 0. The molecule has 0 unspecified atom stereocenters. The minimum atomic E-state index is -3.50. The molecular formula is C12H15N3O2S2. The highest BCUT2D eigenvalue weighted by Gasteiger charge is 2.25. The summed E-state index contributed by atoms with van der Waals surface area (Å²) >= 11 is 1.14. The monoisotopic (exact) mass is 297 g/mol. The van der Waals surface area contributed by atoms with Gasteiger partial charge in [0.15, 0.2) is 0 Å². The Kier molecular flexibility index (Phi) is 4.18. The van der Waals surface area contributed by atoms with Crippen LogP contribution >= 0.6 is 11.3 Å². The molecule has 2 N–H and O–H groups in total. The summed E-state index contributed by atoms with van der Waals surface area (Å²) in [7, 11) is -3.50. The van der Waals surface area contributed by atoms with Gasteiger partial charge in [0.05, 0.1) is 12.2 Å². The quantitative estimate of drug-likeness (QED) is 0.915. The van der Waals surface area contributed by atoms with E-state index in [1.165, 1.54) is 10.4 Å². The normalized spacial score (nSPS) is 11.9. The highest BCUT2D eigenvalue weighted by atomic mass is 32.2. The number of hydrogen-bond acceptors (Lipinski definition) is 5. The number of anilines is 1. The molecule has 2 aromatic rings. The number of pyridine rings is 1. The first kappa shape index (κ1) is 14.0. The van der Waals surface area contributed by atoms with E-state index >= 15 is 0 Å². The molecule has 0 aromatic carbocycles. The second-order valence-corrected chi connectivity index (χ2v) is 7.03. The minimum absolute atomic E-state index is 0.261. The van der Waals surface area contributed by atoms with Crippen LogP contribution in [-0.2, 0) is 16.6 Å². The lowest BCUT2D eigenvalue weighted by Gasteiger charge is -2.18. The molecule has 0 bridgehead atoms. The van der Waals surface area contributed by atoms with Crippen LogP contribution in [0.3, 0.4) is 0 Å². The van der Waals surface area contributed by atoms with Crippen LogP contribution in [-0.4, -0.2) is 24.3 Å². The standard InChI is InChI=1S/C12H15N3O2S2/c1-2-15(8-11-5-3-4-6-14-11)19(16,17)12-7-10(13)9-18-12/h3-7,9H,2,8,13H2,1H3. The van der Waals surface area contributed by atoms with Crippen molar-refractivity contribution in [3.63, 3.8) is 0 Å². The van der Waals surface area contributed by atoms with Crippen molar-refractivity contribution in [2.24, 2.45) is 0 Å². The molecule has 0 aliphatic carbocycles. The largest absolute Gasteiger partial charge is 0.398 e. The van der Waals surface area contributed by atoms with Crippen molar-refractivity contribution in [1.29, 1.82) is 0 Å². The number of hydrogen-bond donors (Lipinski definition) is 1. The van der Waals surface area contributed by atoms with Gasteiger partial charge in [-0.15, -0.1) is 11.3 Å². The Hall–Kier alpha value is -1.44. The third kappa shape index (κ3) is 3.12. The van der Waals surface area contributed by atoms with Crippen molar-refractivity contribution in [2.75, 3.05) is 12.3 Å². The van der Waals surface area contributed by atoms with Crippen molar-refractivity contribution < 1.29 is 8.42 Å². The smallest absolute Gasteiger partial charge is 0.252 e. The third-order valence-corrected chi connectivity index (χ3v) is 5.96. The van der Waals surface area contributed by atoms with Crippen LogP contribution in [0.4, 0.5) is 5.69 Å². The average Bonchev–Trinajstić information content (AvgIpc) is 2.84. The van der Waals surface area contributed by atoms with E-state index in [0.717, 1.165) is 17.0 Å². The van der Waals surface area contributed by atoms with Gasteiger partial charge in [-0.25, -0.2) is 8.42 Å². The number of sulfonamides is 1. The Labute approximate surface area is 116 Å². The molecule has 0 aliphatic heterocycles. The molecular weight excluding hydrogens is 282 g/mol. The van der Waals surface area contributed by atoms with Crippen LogP contribution in [0.5, 0.6) is 0 Å². The molecule has 0 amide bonds. The summed E-state index contributed by atoms with van der Waals surface area (Å²) in [6.07, 6.45) is 1.65. The van der Waals surface area contributed by atoms with E-state index in [-0.39, 0.29) is 10.8 Å². The van der Waals surface area contributed by atoms with Crippen LogP contribution in [0.25, 0.3) is 0 Å². The molecule has 0 saturated carbocycles. The average molecular weight is 297 g/mol. The number of nitrogens with zero attached hydrogens (tertiary/aromatic N) is 2. The fourth-order valence-corrected chi connectivity index (χ4v) is 4.28. The van der Waals surface area contributed by atoms with Gasteiger partial charge in [0.25, 0.3) is 10.0 Å². The van der Waals surface area contributed by atoms with Gasteiger partial charge < -0.3 is 5.73 Å². The Bertz CT molecular complexity index is 638. The van der Waals surface area contributed by atoms with E-state index in [9.17, 15) is 8.42 Å². The van der Waals surface area contributed by atoms with Gasteiger partial charge in [0.1, 0.15) is 4.21 Å². The van der Waals surface area contributed by atoms with Gasteiger partial charge in [-0.2, -0.15) is 4.31 Å². The van der Waals surface area contributed by atoms with E-state index in [4.69, 9.17) is 5.73 Å². The molecule has 2 rings (SSSR count). The Balaban J connectivity index is 2.27. The number of rotatable bonds is 5. The molecule has 0 radical (unpaired) electrons. The second-order valence-electron chi connectivity index (χ2n) is 3.95. The molecule has 5 nitrogen and oxygen atoms in total. The number of nitrogen functional groups attached to an aromatic ring is 1. The maximum absolute atomic E-state index is 12.4. The van der Waals surface area contributed by atoms with Crippen LogP contribution < -0.4 is 5.73 Å². The number of thiophene rings is 1. The van der Waals surface area contributed by atoms with E-state index in [1.807, 2.05) is 6.07 Å². The van der Waals surface area contributed by atoms with Crippen LogP contribution in [0.1, 0.15) is 12.6 Å². The maximum atomic E-state index is 12.4. The highest BCUT2D eigenvalue weighted by Crippen LogP contribution is 2.25. The first-order valence-electron chi connectivity index (χ1n) is 5.78. The first-order valence-corrected chi connectivity index (χ1v) is 8.10. The number of aromatic nitrogens is 1. The second kappa shape index (κ2) is 5.68. The SMILES string of the molecule is CCN(Cc1ccccn1)S(=O)(=O)c1cc(N)cs1. The zero-order valence-corrected chi connectivity index (χ0v) is 12.1. The molecule has 0 saturated heterocycles. The summed E-state index contributed by atoms with van der Waals surface area (Å²) < 4.78 is 26.5. The Morgan fingerprint density at radius 2 is 2.21 bits per heavy atom. The topological polar surface area (TPSA) is 76.3 Å². The summed E-state index contributed by atoms with van der Waals surface area (Å²) in [5, 5.41) is 1.63. The zero-order valence-electron chi connectivity index (χ0n) is 10.5. The summed E-state index contributed by atoms with van der Waals surface area (Å²) in [5.41, 5.74) is 6.77. The maximum Gasteiger partial charge on any atom is 0.252 e. The van der Waals surface area contributed by atoms with Crippen molar-refractivity contribution in [3.05, 3.63) is 41.5 Å². The van der Waals surface area contributed by atoms with Crippen LogP contribution in [0.2, 0.25) is 0 Å². The summed E-state index contributed by atoms with van der Waals surface area (Å²) in [6, 6.07) is 6.93. The lowest BCUT2D eigenvalue weighted by atomic mass is 10.3. The van der Waals surface area contributed by atoms with Crippen LogP contribution in [0.15, 0.2) is 40.1 Å². The summed E-state index contributed by atoms with van der Waals surface area (Å²) in [6.45, 7) is 2.45. The van der Waals surface area contributed by atoms with Gasteiger partial charge in [0.2, 0.25) is 0 Å². The lowest BCUT2D eigenvalue weighted by Crippen LogP contribution is -2.30. The van der Waals surface area contributed by atoms with Crippen molar-refractivity contribution in [1.82, 2.24) is 9.29 Å². The fraction of sp³-hybridized carbons (Fsp3) is 0.250. The van der Waals surface area contributed by atoms with Crippen molar-refractivity contribution in [2.45, 2.75) is 17.7 Å². The highest BCUT2D eigenvalue weighted by molar-refractivity contribution is 7.91. The van der Waals surface area contributed by atoms with E-state index in [1.54, 1.807) is 30.6 Å². The van der Waals surface area contributed by atoms with Crippen LogP contribution in [0, 0.1) is 0 Å². The van der Waals surface area contributed by atoms with E-state index in [2.05, 4.69) is 4.98 Å². The van der Waals surface area contributed by atoms with Gasteiger partial charge in [-0.3, -0.25) is 4.98 Å². The molecule has 0 spiro atoms. The molecule has 0 aliphatic rings. The molecule has 0 fully saturated rings. The summed E-state index contributed by atoms with van der Waals surface area (Å²) in [4.78, 5) is 4.15. The van der Waals surface area contributed by atoms with Gasteiger partial charge in [-0.1, -0.05) is 13.0 Å². The molecule has 102 valence electrons. The minimum Gasteiger partial charge on any atom is -0.398 e. The third-order valence-electron chi connectivity index (χ3n) is 2.61. The van der Waals surface area contributed by atoms with Crippen molar-refractivity contribution >= 4 is 27.0 Å². The molecule has 0 atom stereocenters. The zero-order chi connectivity index (χ0) is 13.9. The fourth-order valence-electron chi connectivity index (χ4n) is 1.63.